The number of nitrogens with zero attached hydrogens (tertiary/aromatic N) is 3. The van der Waals surface area contributed by atoms with Gasteiger partial charge in [-0.1, -0.05) is 6.92 Å². The number of hydrogen-bond acceptors (Lipinski definition) is 3. The fraction of sp³-hybridized carbons (Fsp3) is 1.00. The molecule has 0 aliphatic carbocycles. The summed E-state index contributed by atoms with van der Waals surface area (Å²) in [5.41, 5.74) is 0.353. The molecule has 0 saturated carbocycles. The molecule has 0 amide bonds. The van der Waals surface area contributed by atoms with Crippen molar-refractivity contribution in [1.29, 1.82) is 0 Å². The summed E-state index contributed by atoms with van der Waals surface area (Å²) in [7, 11) is 0. The Kier molecular flexibility index (Phi) is 4.68. The lowest BCUT2D eigenvalue weighted by Crippen LogP contribution is -2.55. The Morgan fingerprint density at radius 3 is 1.89 bits per heavy atom. The minimum Gasteiger partial charge on any atom is -0.301 e. The Balaban J connectivity index is 1.77. The van der Waals surface area contributed by atoms with Gasteiger partial charge in [-0.25, -0.2) is 0 Å². The number of likely N-dealkylation sites (tertiary alicyclic amines) is 1. The van der Waals surface area contributed by atoms with Crippen molar-refractivity contribution in [3.8, 4) is 0 Å². The normalized spacial score (nSPS) is 26.7. The van der Waals surface area contributed by atoms with Gasteiger partial charge in [0, 0.05) is 50.8 Å². The lowest BCUT2D eigenvalue weighted by atomic mass is 9.96. The Morgan fingerprint density at radius 2 is 1.44 bits per heavy atom. The van der Waals surface area contributed by atoms with Crippen molar-refractivity contribution < 1.29 is 0 Å². The molecule has 0 bridgehead atoms. The molecule has 0 aromatic rings. The Hall–Kier alpha value is -0.120. The van der Waals surface area contributed by atoms with E-state index < -0.39 is 0 Å². The van der Waals surface area contributed by atoms with E-state index in [0.717, 1.165) is 6.04 Å². The zero-order chi connectivity index (χ0) is 13.2. The molecule has 0 N–H and O–H groups in total. The molecule has 3 nitrogen and oxygen atoms in total. The predicted octanol–water partition coefficient (Wildman–Crippen LogP) is 1.89. The van der Waals surface area contributed by atoms with Crippen LogP contribution in [0.1, 0.15) is 40.5 Å². The molecular weight excluding hydrogens is 222 g/mol. The van der Waals surface area contributed by atoms with E-state index in [1.54, 1.807) is 0 Å². The second kappa shape index (κ2) is 5.89. The van der Waals surface area contributed by atoms with Gasteiger partial charge in [-0.3, -0.25) is 9.80 Å². The summed E-state index contributed by atoms with van der Waals surface area (Å²) in [6.45, 7) is 18.2. The van der Waals surface area contributed by atoms with Crippen LogP contribution in [0.4, 0.5) is 0 Å². The molecule has 2 saturated heterocycles. The number of piperidine rings is 1. The second-order valence-electron chi connectivity index (χ2n) is 6.86. The van der Waals surface area contributed by atoms with Crippen molar-refractivity contribution in [2.45, 2.75) is 52.1 Å². The third-order valence-electron chi connectivity index (χ3n) is 4.78. The van der Waals surface area contributed by atoms with Gasteiger partial charge >= 0.3 is 0 Å². The van der Waals surface area contributed by atoms with E-state index in [0.29, 0.717) is 5.54 Å². The first-order valence-corrected chi connectivity index (χ1v) is 7.72. The quantitative estimate of drug-likeness (QED) is 0.744. The summed E-state index contributed by atoms with van der Waals surface area (Å²) >= 11 is 0. The highest BCUT2D eigenvalue weighted by molar-refractivity contribution is 4.87. The molecule has 18 heavy (non-hydrogen) atoms. The standard InChI is InChI=1S/C15H31N3/c1-5-16-10-12-17(13-11-16)14-6-8-18(9-7-14)15(2,3)4/h14H,5-13H2,1-4H3. The minimum atomic E-state index is 0.353. The molecule has 2 fully saturated rings. The third kappa shape index (κ3) is 3.46. The maximum absolute atomic E-state index is 2.74. The van der Waals surface area contributed by atoms with E-state index in [4.69, 9.17) is 0 Å². The van der Waals surface area contributed by atoms with Crippen LogP contribution in [-0.4, -0.2) is 72.1 Å². The van der Waals surface area contributed by atoms with Gasteiger partial charge in [-0.05, 0) is 40.2 Å². The van der Waals surface area contributed by atoms with Crippen LogP contribution in [0.25, 0.3) is 0 Å². The average molecular weight is 253 g/mol. The van der Waals surface area contributed by atoms with Gasteiger partial charge < -0.3 is 4.90 Å². The zero-order valence-electron chi connectivity index (χ0n) is 12.8. The minimum absolute atomic E-state index is 0.353. The van der Waals surface area contributed by atoms with Gasteiger partial charge in [-0.2, -0.15) is 0 Å². The molecule has 2 heterocycles. The van der Waals surface area contributed by atoms with Crippen LogP contribution >= 0.6 is 0 Å². The third-order valence-corrected chi connectivity index (χ3v) is 4.78. The molecule has 0 radical (unpaired) electrons. The van der Waals surface area contributed by atoms with Crippen LogP contribution in [0.2, 0.25) is 0 Å². The lowest BCUT2D eigenvalue weighted by molar-refractivity contribution is 0.0334. The summed E-state index contributed by atoms with van der Waals surface area (Å²) in [4.78, 5) is 7.96. The molecule has 0 unspecified atom stereocenters. The van der Waals surface area contributed by atoms with Crippen LogP contribution in [0.15, 0.2) is 0 Å². The molecule has 0 aromatic carbocycles. The van der Waals surface area contributed by atoms with Crippen molar-refractivity contribution >= 4 is 0 Å². The predicted molar refractivity (Wildman–Crippen MR) is 78.0 cm³/mol. The Morgan fingerprint density at radius 1 is 0.889 bits per heavy atom. The van der Waals surface area contributed by atoms with Crippen LogP contribution in [0.5, 0.6) is 0 Å². The molecule has 106 valence electrons. The van der Waals surface area contributed by atoms with Crippen molar-refractivity contribution in [1.82, 2.24) is 14.7 Å². The van der Waals surface area contributed by atoms with Gasteiger partial charge in [0.15, 0.2) is 0 Å². The molecule has 2 rings (SSSR count). The monoisotopic (exact) mass is 253 g/mol. The smallest absolute Gasteiger partial charge is 0.0125 e. The number of hydrogen-bond donors (Lipinski definition) is 0. The van der Waals surface area contributed by atoms with Crippen molar-refractivity contribution in [2.24, 2.45) is 0 Å². The molecule has 0 aromatic heterocycles. The molecule has 0 spiro atoms. The van der Waals surface area contributed by atoms with Crippen molar-refractivity contribution in [3.05, 3.63) is 0 Å². The highest BCUT2D eigenvalue weighted by Crippen LogP contribution is 2.23. The fourth-order valence-corrected chi connectivity index (χ4v) is 3.35. The number of likely N-dealkylation sites (N-methyl/N-ethyl adjacent to an activating group) is 1. The maximum atomic E-state index is 2.74. The first-order valence-electron chi connectivity index (χ1n) is 7.72. The topological polar surface area (TPSA) is 9.72 Å². The highest BCUT2D eigenvalue weighted by Gasteiger charge is 2.30. The number of piperazine rings is 1. The average Bonchev–Trinajstić information content (AvgIpc) is 2.38. The first kappa shape index (κ1) is 14.3. The van der Waals surface area contributed by atoms with Crippen molar-refractivity contribution in [3.63, 3.8) is 0 Å². The van der Waals surface area contributed by atoms with Crippen LogP contribution in [-0.2, 0) is 0 Å². The second-order valence-corrected chi connectivity index (χ2v) is 6.86. The Labute approximate surface area is 113 Å². The van der Waals surface area contributed by atoms with Crippen LogP contribution in [0, 0.1) is 0 Å². The van der Waals surface area contributed by atoms with E-state index >= 15 is 0 Å². The number of rotatable bonds is 2. The van der Waals surface area contributed by atoms with E-state index in [1.165, 1.54) is 58.7 Å². The molecule has 0 atom stereocenters. The van der Waals surface area contributed by atoms with Gasteiger partial charge in [0.1, 0.15) is 0 Å². The van der Waals surface area contributed by atoms with Gasteiger partial charge in [0.05, 0.1) is 0 Å². The van der Waals surface area contributed by atoms with Gasteiger partial charge in [0.2, 0.25) is 0 Å². The lowest BCUT2D eigenvalue weighted by Gasteiger charge is -2.45. The van der Waals surface area contributed by atoms with Gasteiger partial charge in [0.25, 0.3) is 0 Å². The highest BCUT2D eigenvalue weighted by atomic mass is 15.3. The first-order chi connectivity index (χ1) is 8.50. The maximum Gasteiger partial charge on any atom is 0.0125 e. The van der Waals surface area contributed by atoms with E-state index in [-0.39, 0.29) is 0 Å². The molecule has 2 aliphatic heterocycles. The molecular formula is C15H31N3. The van der Waals surface area contributed by atoms with Crippen molar-refractivity contribution in [2.75, 3.05) is 45.8 Å². The molecule has 3 heteroatoms. The summed E-state index contributed by atoms with van der Waals surface area (Å²) in [6, 6.07) is 0.850. The van der Waals surface area contributed by atoms with E-state index in [2.05, 4.69) is 42.4 Å². The van der Waals surface area contributed by atoms with Crippen LogP contribution < -0.4 is 0 Å². The van der Waals surface area contributed by atoms with Gasteiger partial charge in [-0.15, -0.1) is 0 Å². The molecule has 2 aliphatic rings. The van der Waals surface area contributed by atoms with Crippen LogP contribution in [0.3, 0.4) is 0 Å². The fourth-order valence-electron chi connectivity index (χ4n) is 3.35. The summed E-state index contributed by atoms with van der Waals surface area (Å²) < 4.78 is 0. The zero-order valence-corrected chi connectivity index (χ0v) is 12.8. The summed E-state index contributed by atoms with van der Waals surface area (Å²) in [6.07, 6.45) is 2.73. The Bertz CT molecular complexity index is 243. The SMILES string of the molecule is CCN1CCN(C2CCN(C(C)(C)C)CC2)CC1. The summed E-state index contributed by atoms with van der Waals surface area (Å²) in [5.74, 6) is 0. The van der Waals surface area contributed by atoms with E-state index in [1.807, 2.05) is 0 Å². The summed E-state index contributed by atoms with van der Waals surface area (Å²) in [5, 5.41) is 0. The largest absolute Gasteiger partial charge is 0.301 e. The van der Waals surface area contributed by atoms with E-state index in [9.17, 15) is 0 Å².